The van der Waals surface area contributed by atoms with Gasteiger partial charge in [0.1, 0.15) is 6.54 Å². The van der Waals surface area contributed by atoms with E-state index in [1.54, 1.807) is 78.9 Å². The number of benzene rings is 3. The summed E-state index contributed by atoms with van der Waals surface area (Å²) in [5.41, 5.74) is 2.48. The highest BCUT2D eigenvalue weighted by atomic mass is 32.2. The van der Waals surface area contributed by atoms with Crippen LogP contribution < -0.4 is 9.62 Å². The van der Waals surface area contributed by atoms with E-state index < -0.39 is 34.6 Å². The van der Waals surface area contributed by atoms with Crippen LogP contribution in [-0.2, 0) is 25.4 Å². The molecular formula is C24H21N3O5S. The van der Waals surface area contributed by atoms with Gasteiger partial charge in [-0.3, -0.25) is 19.5 Å². The third-order valence-corrected chi connectivity index (χ3v) is 6.34. The van der Waals surface area contributed by atoms with Crippen LogP contribution >= 0.6 is 0 Å². The topological polar surface area (TPSA) is 116 Å². The Labute approximate surface area is 191 Å². The number of benzodiazepines with no additional fused rings is 1. The highest BCUT2D eigenvalue weighted by Gasteiger charge is 2.35. The van der Waals surface area contributed by atoms with Gasteiger partial charge in [0.2, 0.25) is 10.0 Å². The molecule has 0 saturated carbocycles. The molecule has 168 valence electrons. The smallest absolute Gasteiger partial charge is 0.323 e. The number of carboxylic acids is 1. The van der Waals surface area contributed by atoms with Gasteiger partial charge in [-0.05, 0) is 11.6 Å². The molecule has 33 heavy (non-hydrogen) atoms. The number of nitrogens with zero attached hydrogens (tertiary/aromatic N) is 2. The van der Waals surface area contributed by atoms with Gasteiger partial charge in [0.15, 0.2) is 6.17 Å². The molecule has 0 spiro atoms. The largest absolute Gasteiger partial charge is 0.480 e. The first kappa shape index (κ1) is 22.4. The minimum atomic E-state index is -3.98. The maximum Gasteiger partial charge on any atom is 0.323 e. The van der Waals surface area contributed by atoms with Gasteiger partial charge >= 0.3 is 5.97 Å². The fraction of sp³-hybridized carbons (Fsp3) is 0.125. The average molecular weight is 464 g/mol. The van der Waals surface area contributed by atoms with Crippen LogP contribution in [0, 0.1) is 0 Å². The molecule has 0 aromatic heterocycles. The van der Waals surface area contributed by atoms with E-state index in [4.69, 9.17) is 0 Å². The first-order valence-corrected chi connectivity index (χ1v) is 11.8. The third kappa shape index (κ3) is 5.16. The van der Waals surface area contributed by atoms with E-state index in [0.29, 0.717) is 28.1 Å². The number of rotatable bonds is 7. The molecular weight excluding hydrogens is 442 g/mol. The molecule has 4 rings (SSSR count). The summed E-state index contributed by atoms with van der Waals surface area (Å²) in [6, 6.07) is 24.3. The van der Waals surface area contributed by atoms with Gasteiger partial charge in [-0.1, -0.05) is 78.9 Å². The zero-order valence-electron chi connectivity index (χ0n) is 17.5. The maximum absolute atomic E-state index is 13.4. The predicted molar refractivity (Wildman–Crippen MR) is 125 cm³/mol. The van der Waals surface area contributed by atoms with Crippen LogP contribution in [0.15, 0.2) is 89.9 Å². The number of carboxylic acid groups (broad SMARTS) is 1. The lowest BCUT2D eigenvalue weighted by molar-refractivity contribution is -0.136. The van der Waals surface area contributed by atoms with Crippen LogP contribution in [0.5, 0.6) is 0 Å². The van der Waals surface area contributed by atoms with Crippen molar-refractivity contribution in [2.24, 2.45) is 4.99 Å². The number of fused-ring (bicyclic) bond motifs is 1. The van der Waals surface area contributed by atoms with Crippen LogP contribution in [0.25, 0.3) is 0 Å². The van der Waals surface area contributed by atoms with Gasteiger partial charge in [-0.15, -0.1) is 0 Å². The number of carbonyl (C=O) groups is 2. The summed E-state index contributed by atoms with van der Waals surface area (Å²) in [6.45, 7) is -0.635. The van der Waals surface area contributed by atoms with Crippen LogP contribution in [0.3, 0.4) is 0 Å². The number of aliphatic imine (C=N–C) groups is 1. The summed E-state index contributed by atoms with van der Waals surface area (Å²) in [7, 11) is -3.98. The Morgan fingerprint density at radius 3 is 2.21 bits per heavy atom. The summed E-state index contributed by atoms with van der Waals surface area (Å²) in [5.74, 6) is -2.35. The van der Waals surface area contributed by atoms with E-state index in [2.05, 4.69) is 9.71 Å². The van der Waals surface area contributed by atoms with Crippen molar-refractivity contribution in [3.05, 3.63) is 102 Å². The number of sulfonamides is 1. The monoisotopic (exact) mass is 463 g/mol. The second-order valence-electron chi connectivity index (χ2n) is 7.44. The minimum Gasteiger partial charge on any atom is -0.480 e. The highest BCUT2D eigenvalue weighted by Crippen LogP contribution is 2.28. The third-order valence-electron chi connectivity index (χ3n) is 5.04. The van der Waals surface area contributed by atoms with Crippen LogP contribution in [-0.4, -0.2) is 43.8 Å². The van der Waals surface area contributed by atoms with Crippen molar-refractivity contribution in [1.29, 1.82) is 0 Å². The summed E-state index contributed by atoms with van der Waals surface area (Å²) in [5, 5.41) is 9.43. The molecule has 1 amide bonds. The number of carbonyl (C=O) groups excluding carboxylic acids is 1. The van der Waals surface area contributed by atoms with Gasteiger partial charge < -0.3 is 5.11 Å². The summed E-state index contributed by atoms with van der Waals surface area (Å²) < 4.78 is 28.2. The predicted octanol–water partition coefficient (Wildman–Crippen LogP) is 2.40. The molecule has 2 N–H and O–H groups in total. The molecule has 0 saturated heterocycles. The Balaban J connectivity index is 1.80. The molecule has 8 nitrogen and oxygen atoms in total. The normalized spacial score (nSPS) is 16.0. The lowest BCUT2D eigenvalue weighted by atomic mass is 10.0. The summed E-state index contributed by atoms with van der Waals surface area (Å²) in [4.78, 5) is 30.5. The zero-order chi connectivity index (χ0) is 23.4. The molecule has 1 aliphatic heterocycles. The van der Waals surface area contributed by atoms with Crippen molar-refractivity contribution < 1.29 is 23.1 Å². The fourth-order valence-electron chi connectivity index (χ4n) is 3.64. The molecule has 1 atom stereocenters. The Hall–Kier alpha value is -3.82. The Morgan fingerprint density at radius 2 is 1.55 bits per heavy atom. The molecule has 0 radical (unpaired) electrons. The van der Waals surface area contributed by atoms with E-state index in [1.165, 1.54) is 0 Å². The first-order valence-electron chi connectivity index (χ1n) is 10.1. The second kappa shape index (κ2) is 9.35. The molecule has 3 aromatic rings. The molecule has 1 unspecified atom stereocenters. The van der Waals surface area contributed by atoms with Crippen LogP contribution in [0.4, 0.5) is 5.69 Å². The molecule has 1 heterocycles. The number of hydrogen-bond acceptors (Lipinski definition) is 5. The van der Waals surface area contributed by atoms with Gasteiger partial charge in [0.05, 0.1) is 17.2 Å². The summed E-state index contributed by atoms with van der Waals surface area (Å²) in [6.07, 6.45) is -1.53. The number of aliphatic carboxylic acids is 1. The number of anilines is 1. The van der Waals surface area contributed by atoms with Gasteiger partial charge in [-0.25, -0.2) is 8.42 Å². The number of amides is 1. The van der Waals surface area contributed by atoms with Crippen molar-refractivity contribution in [1.82, 2.24) is 4.72 Å². The number of para-hydroxylation sites is 1. The fourth-order valence-corrected chi connectivity index (χ4v) is 4.84. The standard InChI is InChI=1S/C24H21N3O5S/c28-21(29)15-27-20-14-8-7-13-19(20)22(18-11-5-2-6-12-18)25-23(24(27)30)26-33(31,32)16-17-9-3-1-4-10-17/h1-14,23,26H,15-16H2,(H,28,29). The van der Waals surface area contributed by atoms with Crippen LogP contribution in [0.2, 0.25) is 0 Å². The van der Waals surface area contributed by atoms with Crippen molar-refractivity contribution in [3.63, 3.8) is 0 Å². The second-order valence-corrected chi connectivity index (χ2v) is 9.20. The van der Waals surface area contributed by atoms with E-state index in [1.807, 2.05) is 6.07 Å². The van der Waals surface area contributed by atoms with Crippen molar-refractivity contribution in [3.8, 4) is 0 Å². The van der Waals surface area contributed by atoms with Crippen molar-refractivity contribution in [2.45, 2.75) is 11.9 Å². The number of hydrogen-bond donors (Lipinski definition) is 2. The zero-order valence-corrected chi connectivity index (χ0v) is 18.3. The quantitative estimate of drug-likeness (QED) is 0.558. The van der Waals surface area contributed by atoms with Crippen molar-refractivity contribution in [2.75, 3.05) is 11.4 Å². The van der Waals surface area contributed by atoms with E-state index in [9.17, 15) is 23.1 Å². The van der Waals surface area contributed by atoms with Crippen molar-refractivity contribution >= 4 is 33.3 Å². The van der Waals surface area contributed by atoms with Crippen LogP contribution in [0.1, 0.15) is 16.7 Å². The van der Waals surface area contributed by atoms with E-state index in [0.717, 1.165) is 4.90 Å². The molecule has 0 bridgehead atoms. The molecule has 0 aliphatic carbocycles. The SMILES string of the molecule is O=C(O)CN1C(=O)C(NS(=O)(=O)Cc2ccccc2)N=C(c2ccccc2)c2ccccc21. The van der Waals surface area contributed by atoms with E-state index in [-0.39, 0.29) is 5.75 Å². The molecule has 9 heteroatoms. The lowest BCUT2D eigenvalue weighted by Gasteiger charge is -2.23. The molecule has 3 aromatic carbocycles. The van der Waals surface area contributed by atoms with E-state index >= 15 is 0 Å². The van der Waals surface area contributed by atoms with Gasteiger partial charge in [0, 0.05) is 11.1 Å². The number of nitrogens with one attached hydrogen (secondary N) is 1. The lowest BCUT2D eigenvalue weighted by Crippen LogP contribution is -2.49. The Kier molecular flexibility index (Phi) is 6.34. The Bertz CT molecular complexity index is 1310. The van der Waals surface area contributed by atoms with Gasteiger partial charge in [0.25, 0.3) is 5.91 Å². The average Bonchev–Trinajstić information content (AvgIpc) is 2.90. The maximum atomic E-state index is 13.4. The minimum absolute atomic E-state index is 0.345. The molecule has 0 fully saturated rings. The van der Waals surface area contributed by atoms with Gasteiger partial charge in [-0.2, -0.15) is 4.72 Å². The first-order chi connectivity index (χ1) is 15.8. The highest BCUT2D eigenvalue weighted by molar-refractivity contribution is 7.88. The summed E-state index contributed by atoms with van der Waals surface area (Å²) >= 11 is 0. The molecule has 1 aliphatic rings. The Morgan fingerprint density at radius 1 is 0.939 bits per heavy atom.